The van der Waals surface area contributed by atoms with Crippen molar-refractivity contribution in [3.63, 3.8) is 0 Å². The number of anilines is 3. The number of rotatable bonds is 10. The Kier molecular flexibility index (Phi) is 8.44. The predicted octanol–water partition coefficient (Wildman–Crippen LogP) is 3.09. The number of benzene rings is 1. The highest BCUT2D eigenvalue weighted by atomic mass is 16.5. The molecule has 0 bridgehead atoms. The van der Waals surface area contributed by atoms with E-state index in [2.05, 4.69) is 25.8 Å². The average Bonchev–Trinajstić information content (AvgIpc) is 3.33. The van der Waals surface area contributed by atoms with Crippen LogP contribution in [0.25, 0.3) is 0 Å². The van der Waals surface area contributed by atoms with E-state index >= 15 is 0 Å². The molecule has 1 aliphatic heterocycles. The van der Waals surface area contributed by atoms with Crippen molar-refractivity contribution in [3.05, 3.63) is 95.4 Å². The van der Waals surface area contributed by atoms with Crippen LogP contribution in [0.3, 0.4) is 0 Å². The van der Waals surface area contributed by atoms with Crippen LogP contribution in [0.15, 0.2) is 71.5 Å². The molecular formula is C30H31N7O4. The number of hydrogen-bond acceptors (Lipinski definition) is 8. The summed E-state index contributed by atoms with van der Waals surface area (Å²) in [5, 5.41) is 9.89. The number of carbonyl (C=O) groups is 3. The molecule has 11 heteroatoms. The maximum absolute atomic E-state index is 13.4. The summed E-state index contributed by atoms with van der Waals surface area (Å²) >= 11 is 0. The van der Waals surface area contributed by atoms with Gasteiger partial charge >= 0.3 is 0 Å². The Morgan fingerprint density at radius 2 is 1.68 bits per heavy atom. The molecule has 4 heterocycles. The third-order valence-corrected chi connectivity index (χ3v) is 6.85. The lowest BCUT2D eigenvalue weighted by molar-refractivity contribution is -0.122. The molecule has 0 saturated carbocycles. The molecule has 1 aromatic carbocycles. The first-order valence-corrected chi connectivity index (χ1v) is 13.4. The third-order valence-electron chi connectivity index (χ3n) is 6.85. The van der Waals surface area contributed by atoms with Crippen molar-refractivity contribution in [3.8, 4) is 0 Å². The van der Waals surface area contributed by atoms with Gasteiger partial charge in [0, 0.05) is 55.4 Å². The van der Waals surface area contributed by atoms with Gasteiger partial charge in [-0.15, -0.1) is 0 Å². The number of pyridine rings is 2. The molecule has 5 rings (SSSR count). The van der Waals surface area contributed by atoms with Crippen LogP contribution in [0.2, 0.25) is 0 Å². The Morgan fingerprint density at radius 1 is 0.951 bits per heavy atom. The predicted molar refractivity (Wildman–Crippen MR) is 154 cm³/mol. The molecular weight excluding hydrogens is 522 g/mol. The van der Waals surface area contributed by atoms with Gasteiger partial charge in [0.05, 0.1) is 23.6 Å². The van der Waals surface area contributed by atoms with Crippen molar-refractivity contribution in [2.45, 2.75) is 26.7 Å². The first-order chi connectivity index (χ1) is 19.9. The van der Waals surface area contributed by atoms with Crippen LogP contribution < -0.4 is 20.4 Å². The molecule has 0 saturated heterocycles. The Balaban J connectivity index is 1.36. The third kappa shape index (κ3) is 6.47. The van der Waals surface area contributed by atoms with E-state index in [1.807, 2.05) is 36.4 Å². The van der Waals surface area contributed by atoms with Gasteiger partial charge in [0.1, 0.15) is 17.9 Å². The number of nitrogens with one attached hydrogen (secondary N) is 2. The number of aryl methyl sites for hydroxylation is 2. The fourth-order valence-corrected chi connectivity index (χ4v) is 4.78. The van der Waals surface area contributed by atoms with Gasteiger partial charge in [0.15, 0.2) is 0 Å². The molecule has 41 heavy (non-hydrogen) atoms. The van der Waals surface area contributed by atoms with Gasteiger partial charge in [0.25, 0.3) is 5.91 Å². The first kappa shape index (κ1) is 27.7. The second kappa shape index (κ2) is 12.5. The van der Waals surface area contributed by atoms with Crippen LogP contribution in [0.5, 0.6) is 0 Å². The molecule has 11 nitrogen and oxygen atoms in total. The zero-order chi connectivity index (χ0) is 28.8. The maximum atomic E-state index is 13.4. The van der Waals surface area contributed by atoms with Crippen LogP contribution in [0, 0.1) is 13.8 Å². The molecule has 1 aliphatic rings. The van der Waals surface area contributed by atoms with Gasteiger partial charge in [-0.2, -0.15) is 0 Å². The smallest absolute Gasteiger partial charge is 0.261 e. The van der Waals surface area contributed by atoms with Crippen LogP contribution >= 0.6 is 0 Å². The number of carbonyl (C=O) groups excluding carboxylic acids is 3. The quantitative estimate of drug-likeness (QED) is 0.286. The van der Waals surface area contributed by atoms with E-state index in [1.54, 1.807) is 49.3 Å². The minimum absolute atomic E-state index is 0.0448. The van der Waals surface area contributed by atoms with Gasteiger partial charge in [0.2, 0.25) is 11.8 Å². The normalized spacial score (nSPS) is 12.8. The summed E-state index contributed by atoms with van der Waals surface area (Å²) in [5.74, 6) is -0.394. The number of hydrogen-bond donors (Lipinski definition) is 2. The average molecular weight is 554 g/mol. The van der Waals surface area contributed by atoms with Gasteiger partial charge in [-0.3, -0.25) is 29.3 Å². The lowest BCUT2D eigenvalue weighted by Gasteiger charge is -2.36. The number of amides is 3. The molecule has 0 radical (unpaired) electrons. The van der Waals surface area contributed by atoms with E-state index < -0.39 is 0 Å². The monoisotopic (exact) mass is 553 g/mol. The van der Waals surface area contributed by atoms with Crippen molar-refractivity contribution < 1.29 is 18.9 Å². The summed E-state index contributed by atoms with van der Waals surface area (Å²) in [7, 11) is 0. The van der Waals surface area contributed by atoms with E-state index in [1.165, 1.54) is 4.90 Å². The topological polar surface area (TPSA) is 134 Å². The summed E-state index contributed by atoms with van der Waals surface area (Å²) in [4.78, 5) is 51.5. The minimum Gasteiger partial charge on any atom is -0.361 e. The minimum atomic E-state index is -0.367. The zero-order valence-electron chi connectivity index (χ0n) is 23.0. The summed E-state index contributed by atoms with van der Waals surface area (Å²) in [6.07, 6.45) is 4.68. The second-order valence-corrected chi connectivity index (χ2v) is 9.70. The molecule has 0 atom stereocenters. The van der Waals surface area contributed by atoms with Crippen molar-refractivity contribution in [1.82, 2.24) is 20.4 Å². The molecule has 210 valence electrons. The van der Waals surface area contributed by atoms with Crippen molar-refractivity contribution >= 4 is 34.8 Å². The summed E-state index contributed by atoms with van der Waals surface area (Å²) < 4.78 is 5.13. The van der Waals surface area contributed by atoms with Gasteiger partial charge in [-0.1, -0.05) is 17.3 Å². The number of aromatic nitrogens is 3. The van der Waals surface area contributed by atoms with E-state index in [0.717, 1.165) is 11.4 Å². The first-order valence-electron chi connectivity index (χ1n) is 13.4. The molecule has 0 unspecified atom stereocenters. The molecule has 3 aromatic heterocycles. The molecule has 0 aliphatic carbocycles. The van der Waals surface area contributed by atoms with E-state index in [9.17, 15) is 14.4 Å². The Hall–Kier alpha value is -4.90. The molecule has 4 aromatic rings. The standard InChI is InChI=1S/C30H31N7O4/c1-20-29(21(2)41-35-20)30(40)34-24-9-10-25-26(17-24)37(27(38)18-31-15-11-22-7-3-5-13-32-22)19-28(39)36(25)16-12-23-8-4-6-14-33-23/h3-10,13-14,17,31H,11-12,15-16,18-19H2,1-2H3,(H,34,40). The highest BCUT2D eigenvalue weighted by molar-refractivity contribution is 6.13. The van der Waals surface area contributed by atoms with Crippen LogP contribution in [-0.2, 0) is 22.4 Å². The SMILES string of the molecule is Cc1noc(C)c1C(=O)Nc1ccc2c(c1)N(C(=O)CNCCc1ccccn1)CC(=O)N2CCc1ccccn1. The molecule has 0 spiro atoms. The highest BCUT2D eigenvalue weighted by Crippen LogP contribution is 2.36. The van der Waals surface area contributed by atoms with Gasteiger partial charge in [-0.05, 0) is 56.3 Å². The van der Waals surface area contributed by atoms with Gasteiger partial charge in [-0.25, -0.2) is 0 Å². The maximum Gasteiger partial charge on any atom is 0.261 e. The summed E-state index contributed by atoms with van der Waals surface area (Å²) in [5.41, 5.74) is 4.24. The number of fused-ring (bicyclic) bond motifs is 1. The zero-order valence-corrected chi connectivity index (χ0v) is 23.0. The van der Waals surface area contributed by atoms with Crippen LogP contribution in [0.1, 0.15) is 33.2 Å². The molecule has 3 amide bonds. The lowest BCUT2D eigenvalue weighted by atomic mass is 10.1. The molecule has 0 fully saturated rings. The van der Waals surface area contributed by atoms with E-state index in [4.69, 9.17) is 4.52 Å². The lowest BCUT2D eigenvalue weighted by Crippen LogP contribution is -2.50. The highest BCUT2D eigenvalue weighted by Gasteiger charge is 2.33. The second-order valence-electron chi connectivity index (χ2n) is 9.70. The van der Waals surface area contributed by atoms with Crippen molar-refractivity contribution in [1.29, 1.82) is 0 Å². The number of nitrogens with zero attached hydrogens (tertiary/aromatic N) is 5. The molecule has 2 N–H and O–H groups in total. The van der Waals surface area contributed by atoms with Crippen LogP contribution in [0.4, 0.5) is 17.1 Å². The van der Waals surface area contributed by atoms with E-state index in [0.29, 0.717) is 60.0 Å². The Morgan fingerprint density at radius 3 is 2.34 bits per heavy atom. The Labute approximate surface area is 237 Å². The van der Waals surface area contributed by atoms with Gasteiger partial charge < -0.3 is 20.1 Å². The van der Waals surface area contributed by atoms with Crippen molar-refractivity contribution in [2.24, 2.45) is 0 Å². The summed E-state index contributed by atoms with van der Waals surface area (Å²) in [6, 6.07) is 16.6. The fourth-order valence-electron chi connectivity index (χ4n) is 4.78. The summed E-state index contributed by atoms with van der Waals surface area (Å²) in [6.45, 7) is 4.26. The van der Waals surface area contributed by atoms with E-state index in [-0.39, 0.29) is 30.8 Å². The van der Waals surface area contributed by atoms with Crippen LogP contribution in [-0.4, -0.2) is 59.0 Å². The fraction of sp³-hybridized carbons (Fsp3) is 0.267. The Bertz CT molecular complexity index is 1520. The largest absolute Gasteiger partial charge is 0.361 e. The van der Waals surface area contributed by atoms with Crippen molar-refractivity contribution in [2.75, 3.05) is 41.3 Å².